The number of fused-ring (bicyclic) bond motifs is 1. The van der Waals surface area contributed by atoms with Crippen molar-refractivity contribution in [3.05, 3.63) is 45.7 Å². The van der Waals surface area contributed by atoms with Crippen molar-refractivity contribution in [2.75, 3.05) is 61.2 Å². The number of cyclic esters (lactones) is 1. The second-order valence-electron chi connectivity index (χ2n) is 24.4. The van der Waals surface area contributed by atoms with E-state index in [0.29, 0.717) is 37.8 Å². The van der Waals surface area contributed by atoms with E-state index in [-0.39, 0.29) is 75.2 Å². The summed E-state index contributed by atoms with van der Waals surface area (Å²) in [6.45, 7) is 18.9. The van der Waals surface area contributed by atoms with Crippen molar-refractivity contribution < 1.29 is 82.5 Å². The summed E-state index contributed by atoms with van der Waals surface area (Å²) in [5, 5.41) is 58.2. The quantitative estimate of drug-likeness (QED) is 0.0876. The number of aryl methyl sites for hydroxylation is 1. The largest absolute Gasteiger partial charge is 0.477 e. The van der Waals surface area contributed by atoms with Crippen LogP contribution in [0.15, 0.2) is 29.2 Å². The van der Waals surface area contributed by atoms with Crippen LogP contribution in [0, 0.1) is 17.8 Å². The number of esters is 2. The Morgan fingerprint density at radius 2 is 1.57 bits per heavy atom. The molecule has 0 radical (unpaired) electrons. The van der Waals surface area contributed by atoms with Crippen molar-refractivity contribution in [3.8, 4) is 0 Å². The van der Waals surface area contributed by atoms with Gasteiger partial charge in [-0.05, 0) is 138 Å². The van der Waals surface area contributed by atoms with Gasteiger partial charge in [0.1, 0.15) is 35.1 Å². The maximum absolute atomic E-state index is 14.6. The summed E-state index contributed by atoms with van der Waals surface area (Å²) in [5.41, 5.74) is -3.73. The third-order valence-corrected chi connectivity index (χ3v) is 17.3. The molecule has 6 rings (SSSR count). The minimum Gasteiger partial charge on any atom is -0.477 e. The Balaban J connectivity index is 1.10. The maximum atomic E-state index is 14.6. The zero-order chi connectivity index (χ0) is 59.2. The van der Waals surface area contributed by atoms with E-state index in [1.165, 1.54) is 20.2 Å². The molecule has 4 heterocycles. The lowest BCUT2D eigenvalue weighted by molar-refractivity contribution is -0.318. The van der Waals surface area contributed by atoms with Crippen LogP contribution in [-0.4, -0.2) is 209 Å². The summed E-state index contributed by atoms with van der Waals surface area (Å²) < 4.78 is 58.2. The number of aromatic carboxylic acids is 1. The molecular formula is C59H95N3O18. The van der Waals surface area contributed by atoms with Gasteiger partial charge in [-0.1, -0.05) is 26.8 Å². The summed E-state index contributed by atoms with van der Waals surface area (Å²) in [4.78, 5) is 56.6. The highest BCUT2D eigenvalue weighted by molar-refractivity contribution is 5.92. The molecule has 3 saturated heterocycles. The number of carboxylic acid groups (broad SMARTS) is 1. The summed E-state index contributed by atoms with van der Waals surface area (Å²) >= 11 is 0. The first kappa shape index (κ1) is 65.5. The minimum absolute atomic E-state index is 0.0331. The van der Waals surface area contributed by atoms with Crippen LogP contribution in [0.3, 0.4) is 0 Å². The van der Waals surface area contributed by atoms with Crippen molar-refractivity contribution in [1.82, 2.24) is 14.4 Å². The maximum Gasteiger partial charge on any atom is 0.341 e. The molecule has 0 bridgehead atoms. The number of methoxy groups -OCH3 is 1. The molecule has 4 aliphatic rings. The third kappa shape index (κ3) is 15.7. The van der Waals surface area contributed by atoms with E-state index < -0.39 is 113 Å². The second kappa shape index (κ2) is 27.8. The summed E-state index contributed by atoms with van der Waals surface area (Å²) in [6, 6.07) is 4.92. The van der Waals surface area contributed by atoms with Gasteiger partial charge in [0.05, 0.1) is 67.7 Å². The van der Waals surface area contributed by atoms with E-state index in [9.17, 15) is 44.7 Å². The number of benzene rings is 1. The van der Waals surface area contributed by atoms with Gasteiger partial charge in [-0.25, -0.2) is 4.79 Å². The monoisotopic (exact) mass is 1130 g/mol. The van der Waals surface area contributed by atoms with Crippen LogP contribution in [-0.2, 0) is 58.6 Å². The molecule has 80 heavy (non-hydrogen) atoms. The molecule has 21 nitrogen and oxygen atoms in total. The number of carboxylic acids is 1. The number of likely N-dealkylation sites (N-methyl/N-ethyl adjacent to an activating group) is 2. The van der Waals surface area contributed by atoms with E-state index in [1.807, 2.05) is 61.5 Å². The number of carbonyl (C=O) groups excluding carboxylic acids is 2. The zero-order valence-corrected chi connectivity index (χ0v) is 49.8. The molecule has 454 valence electrons. The fourth-order valence-corrected chi connectivity index (χ4v) is 12.4. The molecule has 5 N–H and O–H groups in total. The van der Waals surface area contributed by atoms with Gasteiger partial charge in [0.25, 0.3) is 0 Å². The molecule has 0 spiro atoms. The van der Waals surface area contributed by atoms with Gasteiger partial charge in [0.15, 0.2) is 18.7 Å². The van der Waals surface area contributed by atoms with E-state index in [4.69, 9.17) is 42.6 Å². The normalized spacial score (nSPS) is 37.2. The van der Waals surface area contributed by atoms with Crippen LogP contribution in [0.4, 0.5) is 0 Å². The van der Waals surface area contributed by atoms with Crippen LogP contribution < -0.4 is 5.43 Å². The molecule has 1 aromatic carbocycles. The number of rotatable bonds is 20. The van der Waals surface area contributed by atoms with E-state index in [2.05, 4.69) is 0 Å². The topological polar surface area (TPSA) is 264 Å². The van der Waals surface area contributed by atoms with Crippen LogP contribution in [0.1, 0.15) is 143 Å². The Morgan fingerprint density at radius 1 is 0.900 bits per heavy atom. The summed E-state index contributed by atoms with van der Waals surface area (Å²) in [5.74, 6) is -4.66. The fourth-order valence-electron chi connectivity index (χ4n) is 12.4. The van der Waals surface area contributed by atoms with E-state index in [0.717, 1.165) is 23.9 Å². The Kier molecular flexibility index (Phi) is 22.8. The molecule has 2 aromatic rings. The number of hydrogen-bond donors (Lipinski definition) is 5. The van der Waals surface area contributed by atoms with Crippen molar-refractivity contribution in [1.29, 1.82) is 0 Å². The highest BCUT2D eigenvalue weighted by Gasteiger charge is 2.54. The molecule has 21 heteroatoms. The van der Waals surface area contributed by atoms with Crippen molar-refractivity contribution in [2.24, 2.45) is 17.8 Å². The SMILES string of the molecule is CC[C@H]1OC(=O)[C@H](C)[C@@H](O[C@H]2C[C@@](C)(OC)[C@@H](OC(=O)CCOCCOCCCc3ccc4c(c3)c(=O)c(C(=O)O)cn4C3CC3)[C@H](C)O2)[C@H](C)[C@@H](O[C@@H]2O[C@H](C)C[C@H](N(C)C)[C@H]2O)[C@](C)(O)C[C@@H](C)CN(C)[C@H](C)[C@@H](O)[C@]1(C)O. The average Bonchev–Trinajstić information content (AvgIpc) is 4.26. The van der Waals surface area contributed by atoms with Gasteiger partial charge >= 0.3 is 17.9 Å². The lowest BCUT2D eigenvalue weighted by atomic mass is 9.77. The predicted octanol–water partition coefficient (Wildman–Crippen LogP) is 4.86. The Morgan fingerprint density at radius 3 is 2.20 bits per heavy atom. The van der Waals surface area contributed by atoms with Gasteiger partial charge in [-0.3, -0.25) is 14.4 Å². The molecular weight excluding hydrogens is 1040 g/mol. The summed E-state index contributed by atoms with van der Waals surface area (Å²) in [6.07, 6.45) is -4.55. The van der Waals surface area contributed by atoms with E-state index in [1.54, 1.807) is 54.5 Å². The van der Waals surface area contributed by atoms with Crippen LogP contribution in [0.25, 0.3) is 10.9 Å². The number of carbonyl (C=O) groups is 3. The molecule has 0 amide bonds. The van der Waals surface area contributed by atoms with E-state index >= 15 is 0 Å². The van der Waals surface area contributed by atoms with Gasteiger partial charge in [0, 0.05) is 62.3 Å². The van der Waals surface area contributed by atoms with Gasteiger partial charge in [0.2, 0.25) is 5.43 Å². The Labute approximate surface area is 472 Å². The minimum atomic E-state index is -1.86. The molecule has 3 aliphatic heterocycles. The number of aliphatic hydroxyl groups excluding tert-OH is 2. The van der Waals surface area contributed by atoms with Crippen LogP contribution >= 0.6 is 0 Å². The van der Waals surface area contributed by atoms with Crippen LogP contribution in [0.2, 0.25) is 0 Å². The Hall–Kier alpha value is -3.68. The summed E-state index contributed by atoms with van der Waals surface area (Å²) in [7, 11) is 7.07. The van der Waals surface area contributed by atoms with Crippen molar-refractivity contribution in [3.63, 3.8) is 0 Å². The van der Waals surface area contributed by atoms with Crippen molar-refractivity contribution in [2.45, 2.75) is 223 Å². The number of pyridine rings is 1. The predicted molar refractivity (Wildman–Crippen MR) is 296 cm³/mol. The standard InChI is InChI=1S/C59H95N3O18/c1-15-45-59(10,71)51(66)37(6)61(13)31-33(2)29-57(8,70)52(80-56-49(65)44(60(11)12)27-34(3)75-56)35(4)50(36(5)55(69)77-45)79-47-30-58(9,72-14)53(38(7)76-47)78-46(63)22-24-74-26-25-73-23-16-17-39-18-21-43-41(28-39)48(64)42(54(67)68)32-62(43)40-19-20-40/h18,21,28,32-38,40,44-45,47,49-53,56,65-66,70-71H,15-17,19-20,22-27,29-31H2,1-14H3,(H,67,68)/t33-,34-,35+,36-,37-,38+,44+,45-,47+,49-,50+,51-,52-,53+,56+,57-,58-,59-/m1/s1. The average molecular weight is 1130 g/mol. The number of hydrogen-bond acceptors (Lipinski definition) is 19. The zero-order valence-electron chi connectivity index (χ0n) is 49.8. The first-order chi connectivity index (χ1) is 37.5. The molecule has 0 unspecified atom stereocenters. The highest BCUT2D eigenvalue weighted by Crippen LogP contribution is 2.42. The second-order valence-corrected chi connectivity index (χ2v) is 24.4. The number of aliphatic hydroxyl groups is 4. The fraction of sp³-hybridized carbons (Fsp3) is 0.797. The van der Waals surface area contributed by atoms with Gasteiger partial charge in [-0.15, -0.1) is 0 Å². The molecule has 1 aromatic heterocycles. The Bertz CT molecular complexity index is 2430. The lowest BCUT2D eigenvalue weighted by Gasteiger charge is -2.49. The molecule has 18 atom stereocenters. The first-order valence-electron chi connectivity index (χ1n) is 28.9. The number of aromatic nitrogens is 1. The number of nitrogens with zero attached hydrogens (tertiary/aromatic N) is 3. The lowest BCUT2D eigenvalue weighted by Crippen LogP contribution is -2.61. The molecule has 1 saturated carbocycles. The van der Waals surface area contributed by atoms with Gasteiger partial charge < -0.3 is 82.5 Å². The first-order valence-corrected chi connectivity index (χ1v) is 28.9. The van der Waals surface area contributed by atoms with Crippen molar-refractivity contribution >= 4 is 28.8 Å². The molecule has 1 aliphatic carbocycles. The smallest absolute Gasteiger partial charge is 0.341 e. The highest BCUT2D eigenvalue weighted by atomic mass is 16.7. The van der Waals surface area contributed by atoms with Gasteiger partial charge in [-0.2, -0.15) is 0 Å². The number of ether oxygens (including phenoxy) is 9. The van der Waals surface area contributed by atoms with Crippen LogP contribution in [0.5, 0.6) is 0 Å². The third-order valence-electron chi connectivity index (χ3n) is 17.3. The molecule has 4 fully saturated rings.